The summed E-state index contributed by atoms with van der Waals surface area (Å²) in [7, 11) is 0. The van der Waals surface area contributed by atoms with Crippen LogP contribution in [0.5, 0.6) is 0 Å². The molecule has 1 unspecified atom stereocenters. The van der Waals surface area contributed by atoms with Crippen molar-refractivity contribution in [3.63, 3.8) is 0 Å². The van der Waals surface area contributed by atoms with Crippen molar-refractivity contribution in [1.29, 1.82) is 5.41 Å². The van der Waals surface area contributed by atoms with Gasteiger partial charge in [-0.25, -0.2) is 0 Å². The smallest absolute Gasteiger partial charge is 0.0943 e. The molecule has 0 bridgehead atoms. The minimum Gasteiger partial charge on any atom is -0.387 e. The highest BCUT2D eigenvalue weighted by atomic mass is 14.7. The van der Waals surface area contributed by atoms with Crippen molar-refractivity contribution in [2.24, 2.45) is 11.7 Å². The van der Waals surface area contributed by atoms with Crippen molar-refractivity contribution < 1.29 is 0 Å². The van der Waals surface area contributed by atoms with E-state index in [1.807, 2.05) is 0 Å². The summed E-state index contributed by atoms with van der Waals surface area (Å²) in [5.74, 6) is 0.656. The molecule has 3 aliphatic carbocycles. The number of rotatable bonds is 1. The third-order valence-corrected chi connectivity index (χ3v) is 4.14. The van der Waals surface area contributed by atoms with Crippen LogP contribution in [-0.4, -0.2) is 5.84 Å². The van der Waals surface area contributed by atoms with Gasteiger partial charge in [-0.15, -0.1) is 0 Å². The van der Waals surface area contributed by atoms with Crippen molar-refractivity contribution in [2.45, 2.75) is 38.5 Å². The Hall–Kier alpha value is -1.31. The minimum absolute atomic E-state index is 0.284. The van der Waals surface area contributed by atoms with Crippen LogP contribution in [0, 0.1) is 11.3 Å². The number of nitrogens with two attached hydrogens (primary N) is 1. The Morgan fingerprint density at radius 3 is 2.81 bits per heavy atom. The largest absolute Gasteiger partial charge is 0.387 e. The van der Waals surface area contributed by atoms with Crippen molar-refractivity contribution in [1.82, 2.24) is 0 Å². The van der Waals surface area contributed by atoms with Gasteiger partial charge in [0.05, 0.1) is 5.84 Å². The Kier molecular flexibility index (Phi) is 2.23. The fraction of sp³-hybridized carbons (Fsp3) is 0.500. The highest BCUT2D eigenvalue weighted by Crippen LogP contribution is 2.45. The highest BCUT2D eigenvalue weighted by Gasteiger charge is 2.31. The summed E-state index contributed by atoms with van der Waals surface area (Å²) in [6.07, 6.45) is 11.5. The molecule has 0 fully saturated rings. The number of hydrogen-bond acceptors (Lipinski definition) is 1. The van der Waals surface area contributed by atoms with Crippen LogP contribution >= 0.6 is 0 Å². The third kappa shape index (κ3) is 1.44. The summed E-state index contributed by atoms with van der Waals surface area (Å²) in [6, 6.07) is 0. The molecular weight excluding hydrogens is 196 g/mol. The Morgan fingerprint density at radius 2 is 2.00 bits per heavy atom. The lowest BCUT2D eigenvalue weighted by atomic mass is 9.82. The van der Waals surface area contributed by atoms with E-state index in [4.69, 9.17) is 11.1 Å². The molecule has 0 amide bonds. The molecule has 2 nitrogen and oxygen atoms in total. The molecule has 3 rings (SSSR count). The molecule has 84 valence electrons. The van der Waals surface area contributed by atoms with Crippen LogP contribution in [0.15, 0.2) is 34.4 Å². The summed E-state index contributed by atoms with van der Waals surface area (Å²) >= 11 is 0. The van der Waals surface area contributed by atoms with E-state index < -0.39 is 0 Å². The Bertz CT molecular complexity index is 438. The van der Waals surface area contributed by atoms with Gasteiger partial charge in [0.2, 0.25) is 0 Å². The average molecular weight is 214 g/mol. The van der Waals surface area contributed by atoms with Gasteiger partial charge in [0.15, 0.2) is 0 Å². The van der Waals surface area contributed by atoms with Crippen LogP contribution < -0.4 is 5.73 Å². The quantitative estimate of drug-likeness (QED) is 0.511. The van der Waals surface area contributed by atoms with Crippen molar-refractivity contribution in [3.8, 4) is 0 Å². The van der Waals surface area contributed by atoms with E-state index in [0.29, 0.717) is 5.84 Å². The molecule has 0 saturated carbocycles. The fourth-order valence-electron chi connectivity index (χ4n) is 3.24. The Labute approximate surface area is 96.4 Å². The molecule has 3 N–H and O–H groups in total. The van der Waals surface area contributed by atoms with Crippen molar-refractivity contribution >= 4 is 5.84 Å². The van der Waals surface area contributed by atoms with Crippen LogP contribution in [-0.2, 0) is 0 Å². The molecule has 2 heteroatoms. The Morgan fingerprint density at radius 1 is 1.19 bits per heavy atom. The summed E-state index contributed by atoms with van der Waals surface area (Å²) in [4.78, 5) is 0. The van der Waals surface area contributed by atoms with E-state index in [1.54, 1.807) is 11.1 Å². The summed E-state index contributed by atoms with van der Waals surface area (Å²) in [5, 5.41) is 7.59. The number of amidine groups is 1. The second kappa shape index (κ2) is 3.62. The molecule has 0 aromatic rings. The maximum Gasteiger partial charge on any atom is 0.0943 e. The topological polar surface area (TPSA) is 49.9 Å². The lowest BCUT2D eigenvalue weighted by molar-refractivity contribution is 0.715. The second-order valence-electron chi connectivity index (χ2n) is 5.10. The molecule has 0 aromatic heterocycles. The zero-order chi connectivity index (χ0) is 11.1. The van der Waals surface area contributed by atoms with Crippen LogP contribution in [0.1, 0.15) is 38.5 Å². The molecule has 0 radical (unpaired) electrons. The number of nitrogens with one attached hydrogen (secondary N) is 1. The SMILES string of the molecule is N=C(N)C1CC2=C(C1)C1=C(CCC=C1)CC2. The maximum absolute atomic E-state index is 7.59. The molecule has 0 aliphatic heterocycles. The second-order valence-corrected chi connectivity index (χ2v) is 5.10. The molecule has 0 spiro atoms. The van der Waals surface area contributed by atoms with E-state index >= 15 is 0 Å². The van der Waals surface area contributed by atoms with E-state index in [9.17, 15) is 0 Å². The van der Waals surface area contributed by atoms with Gasteiger partial charge in [0.1, 0.15) is 0 Å². The first-order chi connectivity index (χ1) is 7.75. The van der Waals surface area contributed by atoms with Gasteiger partial charge in [-0.1, -0.05) is 23.3 Å². The van der Waals surface area contributed by atoms with Gasteiger partial charge in [-0.3, -0.25) is 5.41 Å². The molecule has 0 saturated heterocycles. The zero-order valence-electron chi connectivity index (χ0n) is 9.55. The van der Waals surface area contributed by atoms with Crippen LogP contribution in [0.2, 0.25) is 0 Å². The first kappa shape index (κ1) is 9.88. The molecule has 1 atom stereocenters. The zero-order valence-corrected chi connectivity index (χ0v) is 9.55. The minimum atomic E-state index is 0.284. The maximum atomic E-state index is 7.59. The first-order valence-electron chi connectivity index (χ1n) is 6.19. The summed E-state index contributed by atoms with van der Waals surface area (Å²) in [6.45, 7) is 0. The molecule has 3 aliphatic rings. The Balaban J connectivity index is 1.93. The van der Waals surface area contributed by atoms with Gasteiger partial charge in [-0.2, -0.15) is 0 Å². The van der Waals surface area contributed by atoms with E-state index in [1.165, 1.54) is 36.8 Å². The molecule has 16 heavy (non-hydrogen) atoms. The van der Waals surface area contributed by atoms with Gasteiger partial charge in [0.25, 0.3) is 0 Å². The fourth-order valence-corrected chi connectivity index (χ4v) is 3.24. The van der Waals surface area contributed by atoms with Gasteiger partial charge < -0.3 is 5.73 Å². The third-order valence-electron chi connectivity index (χ3n) is 4.14. The number of hydrogen-bond donors (Lipinski definition) is 2. The highest BCUT2D eigenvalue weighted by molar-refractivity contribution is 5.81. The summed E-state index contributed by atoms with van der Waals surface area (Å²) in [5.41, 5.74) is 11.9. The lowest BCUT2D eigenvalue weighted by Crippen LogP contribution is -2.20. The molecule has 0 aromatic carbocycles. The van der Waals surface area contributed by atoms with Gasteiger partial charge >= 0.3 is 0 Å². The van der Waals surface area contributed by atoms with Crippen LogP contribution in [0.3, 0.4) is 0 Å². The summed E-state index contributed by atoms with van der Waals surface area (Å²) < 4.78 is 0. The number of allylic oxidation sites excluding steroid dienone is 6. The standard InChI is InChI=1S/C14H18N2/c15-14(16)11-7-10-6-5-9-3-1-2-4-12(9)13(10)8-11/h2,4,11H,1,3,5-8H2,(H3,15,16). The van der Waals surface area contributed by atoms with Gasteiger partial charge in [-0.05, 0) is 49.7 Å². The molecule has 0 heterocycles. The predicted molar refractivity (Wildman–Crippen MR) is 66.3 cm³/mol. The van der Waals surface area contributed by atoms with Crippen LogP contribution in [0.4, 0.5) is 0 Å². The number of fused-ring (bicyclic) bond motifs is 1. The van der Waals surface area contributed by atoms with Gasteiger partial charge in [0, 0.05) is 5.92 Å². The normalized spacial score (nSPS) is 28.1. The van der Waals surface area contributed by atoms with Crippen molar-refractivity contribution in [3.05, 3.63) is 34.4 Å². The van der Waals surface area contributed by atoms with Crippen LogP contribution in [0.25, 0.3) is 0 Å². The van der Waals surface area contributed by atoms with E-state index in [-0.39, 0.29) is 5.92 Å². The van der Waals surface area contributed by atoms with Crippen molar-refractivity contribution in [2.75, 3.05) is 0 Å². The lowest BCUT2D eigenvalue weighted by Gasteiger charge is -2.23. The first-order valence-corrected chi connectivity index (χ1v) is 6.19. The monoisotopic (exact) mass is 214 g/mol. The predicted octanol–water partition coefficient (Wildman–Crippen LogP) is 3.07. The van der Waals surface area contributed by atoms with E-state index in [0.717, 1.165) is 12.8 Å². The van der Waals surface area contributed by atoms with E-state index in [2.05, 4.69) is 12.2 Å². The average Bonchev–Trinajstić information content (AvgIpc) is 2.73. The molecular formula is C14H18N2.